The smallest absolute Gasteiger partial charge is 0.244 e. The molecule has 5 aliphatic rings. The minimum Gasteiger partial charge on any atom is -0.488 e. The van der Waals surface area contributed by atoms with E-state index in [4.69, 9.17) is 25.2 Å². The molecule has 2 saturated heterocycles. The Labute approximate surface area is 329 Å². The average molecular weight is 750 g/mol. The molecule has 0 spiro atoms. The fourth-order valence-electron chi connectivity index (χ4n) is 9.49. The zero-order valence-electron chi connectivity index (χ0n) is 32.8. The summed E-state index contributed by atoms with van der Waals surface area (Å²) in [6.07, 6.45) is 6.23. The molecule has 0 bridgehead atoms. The Balaban J connectivity index is 0.930. The number of hydrogen-bond acceptors (Lipinski definition) is 7. The van der Waals surface area contributed by atoms with Crippen LogP contribution < -0.4 is 10.5 Å². The molecule has 2 N–H and O–H groups in total. The molecule has 4 aromatic rings. The number of rotatable bonds is 9. The summed E-state index contributed by atoms with van der Waals surface area (Å²) >= 11 is 0. The topological polar surface area (TPSA) is 110 Å². The second-order valence-electron chi connectivity index (χ2n) is 16.7. The quantitative estimate of drug-likeness (QED) is 0.186. The van der Waals surface area contributed by atoms with Crippen molar-refractivity contribution >= 4 is 45.3 Å². The highest BCUT2D eigenvalue weighted by Gasteiger charge is 2.42. The maximum Gasteiger partial charge on any atom is 0.244 e. The monoisotopic (exact) mass is 749 g/mol. The number of nitrogens with zero attached hydrogens (tertiary/aromatic N) is 4. The fourth-order valence-corrected chi connectivity index (χ4v) is 9.49. The molecule has 9 rings (SSSR count). The van der Waals surface area contributed by atoms with Crippen LogP contribution in [0.1, 0.15) is 74.8 Å². The molecule has 9 nitrogen and oxygen atoms in total. The van der Waals surface area contributed by atoms with Gasteiger partial charge in [0.2, 0.25) is 11.8 Å². The summed E-state index contributed by atoms with van der Waals surface area (Å²) in [5, 5.41) is 2.27. The Kier molecular flexibility index (Phi) is 9.62. The molecule has 56 heavy (non-hydrogen) atoms. The van der Waals surface area contributed by atoms with E-state index in [0.717, 1.165) is 88.1 Å². The number of likely N-dealkylation sites (tertiary alicyclic amines) is 2. The Bertz CT molecular complexity index is 2310. The summed E-state index contributed by atoms with van der Waals surface area (Å²) in [5.74, 6) is 1.59. The average Bonchev–Trinajstić information content (AvgIpc) is 4.05. The highest BCUT2D eigenvalue weighted by Crippen LogP contribution is 2.45. The first kappa shape index (κ1) is 36.5. The lowest BCUT2D eigenvalue weighted by Gasteiger charge is -2.29. The van der Waals surface area contributed by atoms with E-state index in [1.807, 2.05) is 48.4 Å². The fraction of sp³-hybridized carbons (Fsp3) is 0.404. The molecule has 0 radical (unpaired) electrons. The third-order valence-corrected chi connectivity index (χ3v) is 12.9. The third kappa shape index (κ3) is 6.44. The number of methoxy groups -OCH3 is 1. The Morgan fingerprint density at radius 3 is 2.57 bits per heavy atom. The van der Waals surface area contributed by atoms with Crippen LogP contribution in [0.25, 0.3) is 27.5 Å². The zero-order valence-corrected chi connectivity index (χ0v) is 32.8. The van der Waals surface area contributed by atoms with Crippen LogP contribution in [0.3, 0.4) is 0 Å². The Morgan fingerprint density at radius 1 is 0.929 bits per heavy atom. The lowest BCUT2D eigenvalue weighted by atomic mass is 9.89. The van der Waals surface area contributed by atoms with Gasteiger partial charge in [-0.15, -0.1) is 0 Å². The predicted molar refractivity (Wildman–Crippen MR) is 222 cm³/mol. The molecule has 2 fully saturated rings. The number of carbonyl (C=O) groups excluding carboxylic acids is 2. The van der Waals surface area contributed by atoms with Gasteiger partial charge in [0.15, 0.2) is 0 Å². The van der Waals surface area contributed by atoms with Crippen molar-refractivity contribution in [1.29, 1.82) is 0 Å². The van der Waals surface area contributed by atoms with Gasteiger partial charge in [0.25, 0.3) is 0 Å². The normalized spacial score (nSPS) is 22.3. The highest BCUT2D eigenvalue weighted by molar-refractivity contribution is 6.07. The van der Waals surface area contributed by atoms with Gasteiger partial charge >= 0.3 is 0 Å². The van der Waals surface area contributed by atoms with E-state index in [-0.39, 0.29) is 35.7 Å². The number of hydrogen-bond donors (Lipinski definition) is 1. The summed E-state index contributed by atoms with van der Waals surface area (Å²) in [6.45, 7) is 8.78. The first-order chi connectivity index (χ1) is 27.2. The molecule has 0 saturated carbocycles. The summed E-state index contributed by atoms with van der Waals surface area (Å²) in [4.78, 5) is 41.3. The SMILES string of the molecule is COC[C@H]1C[C@@H](C2=Nc3ccc4cc5c(cc4c3C2)OCc2cc(C3=CN=C([C@@H]4CCCN4C(=O)[C@@H](C)C(C)C)C3)ccc2-5)N(C(=O)C(N)c2ccccc2)C1. The Hall–Kier alpha value is -5.12. The zero-order chi connectivity index (χ0) is 38.7. The van der Waals surface area contributed by atoms with Crippen LogP contribution in [-0.4, -0.2) is 71.9 Å². The van der Waals surface area contributed by atoms with Gasteiger partial charge in [-0.3, -0.25) is 19.6 Å². The molecule has 2 amide bonds. The third-order valence-electron chi connectivity index (χ3n) is 12.9. The molecule has 5 heterocycles. The largest absolute Gasteiger partial charge is 0.488 e. The molecule has 9 heteroatoms. The summed E-state index contributed by atoms with van der Waals surface area (Å²) in [7, 11) is 1.71. The highest BCUT2D eigenvalue weighted by atomic mass is 16.5. The minimum atomic E-state index is -0.730. The van der Waals surface area contributed by atoms with Crippen molar-refractivity contribution in [3.05, 3.63) is 101 Å². The van der Waals surface area contributed by atoms with Gasteiger partial charge in [-0.25, -0.2) is 0 Å². The van der Waals surface area contributed by atoms with Crippen LogP contribution >= 0.6 is 0 Å². The van der Waals surface area contributed by atoms with E-state index in [1.165, 1.54) is 16.7 Å². The number of carbonyl (C=O) groups is 2. The molecule has 1 unspecified atom stereocenters. The van der Waals surface area contributed by atoms with Gasteiger partial charge in [0.05, 0.1) is 24.4 Å². The number of nitrogens with two attached hydrogens (primary N) is 1. The van der Waals surface area contributed by atoms with Crippen LogP contribution in [0.5, 0.6) is 5.75 Å². The van der Waals surface area contributed by atoms with Gasteiger partial charge in [0, 0.05) is 68.1 Å². The van der Waals surface area contributed by atoms with E-state index >= 15 is 0 Å². The molecule has 5 aliphatic heterocycles. The molecule has 4 aromatic carbocycles. The summed E-state index contributed by atoms with van der Waals surface area (Å²) in [5.41, 5.74) is 17.4. The number of benzene rings is 4. The molecule has 288 valence electrons. The lowest BCUT2D eigenvalue weighted by Crippen LogP contribution is -2.45. The van der Waals surface area contributed by atoms with Crippen LogP contribution in [0.15, 0.2) is 89.0 Å². The molecular weight excluding hydrogens is 699 g/mol. The van der Waals surface area contributed by atoms with Crippen molar-refractivity contribution in [2.24, 2.45) is 33.5 Å². The standard InChI is InChI=1S/C47H51N5O4/c1-27(2)28(3)46(53)51-16-8-11-42(51)40-20-33(23-49-40)31-12-14-35-34(18-31)26-56-44-22-36-32(19-38(35)44)13-15-39-37(36)21-41(50-39)43-17-29(25-55-4)24-52(43)47(54)45(48)30-9-6-5-7-10-30/h5-7,9-10,12-15,18-19,22-23,27-29,42-43,45H,8,11,16-17,20-21,24-26,48H2,1-4H3/t28-,29-,42-,43-,45?/m0/s1. The maximum absolute atomic E-state index is 13.9. The maximum atomic E-state index is 13.9. The molecule has 0 aromatic heterocycles. The summed E-state index contributed by atoms with van der Waals surface area (Å²) in [6, 6.07) is 24.2. The summed E-state index contributed by atoms with van der Waals surface area (Å²) < 4.78 is 12.0. The van der Waals surface area contributed by atoms with Gasteiger partial charge in [-0.2, -0.15) is 0 Å². The first-order valence-corrected chi connectivity index (χ1v) is 20.3. The van der Waals surface area contributed by atoms with Crippen molar-refractivity contribution < 1.29 is 19.1 Å². The first-order valence-electron chi connectivity index (χ1n) is 20.3. The number of aliphatic imine (C=N–C) groups is 2. The van der Waals surface area contributed by atoms with E-state index in [0.29, 0.717) is 32.1 Å². The number of fused-ring (bicyclic) bond motifs is 6. The van der Waals surface area contributed by atoms with E-state index in [2.05, 4.69) is 61.2 Å². The van der Waals surface area contributed by atoms with Gasteiger partial charge in [-0.05, 0) is 93.6 Å². The predicted octanol–water partition coefficient (Wildman–Crippen LogP) is 8.06. The number of amides is 2. The second-order valence-corrected chi connectivity index (χ2v) is 16.7. The number of allylic oxidation sites excluding steroid dienone is 1. The van der Waals surface area contributed by atoms with Gasteiger partial charge in [0.1, 0.15) is 18.4 Å². The van der Waals surface area contributed by atoms with Crippen molar-refractivity contribution in [2.45, 2.75) is 77.6 Å². The van der Waals surface area contributed by atoms with Crippen LogP contribution in [0.4, 0.5) is 5.69 Å². The van der Waals surface area contributed by atoms with E-state index in [9.17, 15) is 9.59 Å². The lowest BCUT2D eigenvalue weighted by molar-refractivity contribution is -0.136. The van der Waals surface area contributed by atoms with Gasteiger partial charge < -0.3 is 25.0 Å². The van der Waals surface area contributed by atoms with Crippen molar-refractivity contribution in [3.63, 3.8) is 0 Å². The van der Waals surface area contributed by atoms with Crippen molar-refractivity contribution in [2.75, 3.05) is 26.8 Å². The van der Waals surface area contributed by atoms with Crippen LogP contribution in [0.2, 0.25) is 0 Å². The molecule has 5 atom stereocenters. The van der Waals surface area contributed by atoms with Gasteiger partial charge in [-0.1, -0.05) is 69.3 Å². The van der Waals surface area contributed by atoms with Crippen molar-refractivity contribution in [1.82, 2.24) is 9.80 Å². The van der Waals surface area contributed by atoms with E-state index < -0.39 is 6.04 Å². The van der Waals surface area contributed by atoms with E-state index in [1.54, 1.807) is 7.11 Å². The number of ether oxygens (including phenoxy) is 2. The molecule has 0 aliphatic carbocycles. The Morgan fingerprint density at radius 2 is 1.77 bits per heavy atom. The minimum absolute atomic E-state index is 0.0110. The van der Waals surface area contributed by atoms with Crippen LogP contribution in [-0.2, 0) is 27.4 Å². The van der Waals surface area contributed by atoms with Crippen LogP contribution in [0, 0.1) is 17.8 Å². The molecular formula is C47H51N5O4. The van der Waals surface area contributed by atoms with Crippen molar-refractivity contribution in [3.8, 4) is 16.9 Å². The second kappa shape index (κ2) is 14.8.